The van der Waals surface area contributed by atoms with Crippen molar-refractivity contribution in [2.45, 2.75) is 26.8 Å². The molecular weight excluding hydrogens is 324 g/mol. The topological polar surface area (TPSA) is 89.8 Å². The molecule has 0 spiro atoms. The Morgan fingerprint density at radius 2 is 1.96 bits per heavy atom. The van der Waals surface area contributed by atoms with Crippen LogP contribution < -0.4 is 14.8 Å². The van der Waals surface area contributed by atoms with Crippen molar-refractivity contribution in [2.75, 3.05) is 19.5 Å². The highest BCUT2D eigenvalue weighted by Crippen LogP contribution is 2.29. The molecule has 0 saturated carbocycles. The number of carbonyl (C=O) groups excluding carboxylic acids is 1. The summed E-state index contributed by atoms with van der Waals surface area (Å²) in [7, 11) is 3.04. The average Bonchev–Trinajstić information content (AvgIpc) is 2.90. The van der Waals surface area contributed by atoms with Gasteiger partial charge in [0, 0.05) is 24.5 Å². The number of rotatable bonds is 7. The first-order valence-electron chi connectivity index (χ1n) is 7.85. The number of carboxylic acid groups (broad SMARTS) is 1. The molecule has 0 aliphatic carbocycles. The number of carbonyl (C=O) groups is 2. The number of nitrogens with zero attached hydrogens (tertiary/aromatic N) is 1. The van der Waals surface area contributed by atoms with Crippen LogP contribution in [0.4, 0.5) is 5.69 Å². The van der Waals surface area contributed by atoms with Crippen LogP contribution in [0.5, 0.6) is 11.5 Å². The molecule has 0 unspecified atom stereocenters. The Labute approximate surface area is 146 Å². The third-order valence-electron chi connectivity index (χ3n) is 3.94. The molecule has 0 saturated heterocycles. The third-order valence-corrected chi connectivity index (χ3v) is 3.94. The molecule has 0 atom stereocenters. The lowest BCUT2D eigenvalue weighted by molar-refractivity contribution is -0.115. The molecule has 7 heteroatoms. The Kier molecular flexibility index (Phi) is 5.69. The van der Waals surface area contributed by atoms with Gasteiger partial charge >= 0.3 is 5.97 Å². The first kappa shape index (κ1) is 18.4. The Morgan fingerprint density at radius 1 is 1.24 bits per heavy atom. The van der Waals surface area contributed by atoms with E-state index < -0.39 is 5.97 Å². The van der Waals surface area contributed by atoms with E-state index >= 15 is 0 Å². The summed E-state index contributed by atoms with van der Waals surface area (Å²) in [4.78, 5) is 24.0. The monoisotopic (exact) mass is 346 g/mol. The van der Waals surface area contributed by atoms with Crippen molar-refractivity contribution < 1.29 is 24.2 Å². The van der Waals surface area contributed by atoms with Crippen LogP contribution >= 0.6 is 0 Å². The molecule has 2 aromatic rings. The normalized spacial score (nSPS) is 10.4. The number of anilines is 1. The summed E-state index contributed by atoms with van der Waals surface area (Å²) in [6.07, 6.45) is 1.71. The standard InChI is InChI=1S/C18H22N2O5/c1-5-20-10-11(2)17(18(22)23)14(20)9-16(21)19-13-7-6-12(24-3)8-15(13)25-4/h6-8,10H,5,9H2,1-4H3,(H,19,21)(H,22,23). The molecule has 134 valence electrons. The molecule has 2 rings (SSSR count). The molecule has 0 bridgehead atoms. The fourth-order valence-corrected chi connectivity index (χ4v) is 2.76. The molecule has 1 aromatic heterocycles. The molecule has 0 radical (unpaired) electrons. The van der Waals surface area contributed by atoms with Gasteiger partial charge in [-0.3, -0.25) is 4.79 Å². The lowest BCUT2D eigenvalue weighted by Crippen LogP contribution is -2.19. The van der Waals surface area contributed by atoms with Crippen LogP contribution in [0.2, 0.25) is 0 Å². The maximum atomic E-state index is 12.5. The van der Waals surface area contributed by atoms with E-state index in [4.69, 9.17) is 9.47 Å². The number of methoxy groups -OCH3 is 2. The summed E-state index contributed by atoms with van der Waals surface area (Å²) in [6.45, 7) is 4.21. The number of benzene rings is 1. The number of amides is 1. The number of aromatic carboxylic acids is 1. The van der Waals surface area contributed by atoms with Gasteiger partial charge in [0.25, 0.3) is 0 Å². The second kappa shape index (κ2) is 7.74. The molecule has 2 N–H and O–H groups in total. The summed E-state index contributed by atoms with van der Waals surface area (Å²) in [5, 5.41) is 12.2. The second-order valence-corrected chi connectivity index (χ2v) is 5.52. The molecule has 0 aliphatic heterocycles. The van der Waals surface area contributed by atoms with E-state index in [1.165, 1.54) is 7.11 Å². The van der Waals surface area contributed by atoms with Gasteiger partial charge in [-0.05, 0) is 31.5 Å². The minimum absolute atomic E-state index is 0.0432. The van der Waals surface area contributed by atoms with Crippen LogP contribution in [-0.2, 0) is 17.8 Å². The van der Waals surface area contributed by atoms with Gasteiger partial charge in [-0.15, -0.1) is 0 Å². The number of aromatic nitrogens is 1. The van der Waals surface area contributed by atoms with Crippen molar-refractivity contribution in [1.82, 2.24) is 4.57 Å². The number of carboxylic acids is 1. The van der Waals surface area contributed by atoms with Crippen molar-refractivity contribution in [3.63, 3.8) is 0 Å². The Morgan fingerprint density at radius 3 is 2.52 bits per heavy atom. The quantitative estimate of drug-likeness (QED) is 0.804. The largest absolute Gasteiger partial charge is 0.497 e. The predicted molar refractivity (Wildman–Crippen MR) is 93.7 cm³/mol. The summed E-state index contributed by atoms with van der Waals surface area (Å²) in [6, 6.07) is 5.05. The van der Waals surface area contributed by atoms with Crippen LogP contribution in [0, 0.1) is 6.92 Å². The Bertz CT molecular complexity index is 795. The Balaban J connectivity index is 2.25. The summed E-state index contributed by atoms with van der Waals surface area (Å²) < 4.78 is 12.2. The van der Waals surface area contributed by atoms with Crippen molar-refractivity contribution in [3.8, 4) is 11.5 Å². The maximum absolute atomic E-state index is 12.5. The minimum Gasteiger partial charge on any atom is -0.497 e. The van der Waals surface area contributed by atoms with Crippen LogP contribution in [0.3, 0.4) is 0 Å². The highest BCUT2D eigenvalue weighted by molar-refractivity contribution is 5.97. The van der Waals surface area contributed by atoms with Gasteiger partial charge < -0.3 is 24.5 Å². The van der Waals surface area contributed by atoms with Gasteiger partial charge in [0.1, 0.15) is 11.5 Å². The lowest BCUT2D eigenvalue weighted by Gasteiger charge is -2.13. The zero-order valence-electron chi connectivity index (χ0n) is 14.8. The Hall–Kier alpha value is -2.96. The lowest BCUT2D eigenvalue weighted by atomic mass is 10.1. The van der Waals surface area contributed by atoms with E-state index in [1.807, 2.05) is 6.92 Å². The van der Waals surface area contributed by atoms with E-state index in [9.17, 15) is 14.7 Å². The number of hydrogen-bond donors (Lipinski definition) is 2. The molecular formula is C18H22N2O5. The van der Waals surface area contributed by atoms with E-state index in [2.05, 4.69) is 5.32 Å². The smallest absolute Gasteiger partial charge is 0.337 e. The molecule has 7 nitrogen and oxygen atoms in total. The number of nitrogens with one attached hydrogen (secondary N) is 1. The van der Waals surface area contributed by atoms with Crippen molar-refractivity contribution >= 4 is 17.6 Å². The van der Waals surface area contributed by atoms with Crippen molar-refractivity contribution in [3.05, 3.63) is 41.2 Å². The fourth-order valence-electron chi connectivity index (χ4n) is 2.76. The molecule has 1 amide bonds. The number of aryl methyl sites for hydroxylation is 2. The fraction of sp³-hybridized carbons (Fsp3) is 0.333. The minimum atomic E-state index is -1.03. The van der Waals surface area contributed by atoms with Gasteiger partial charge in [0.05, 0.1) is 31.9 Å². The SMILES string of the molecule is CCn1cc(C)c(C(=O)O)c1CC(=O)Nc1ccc(OC)cc1OC. The summed E-state index contributed by atoms with van der Waals surface area (Å²) in [5.41, 5.74) is 1.80. The van der Waals surface area contributed by atoms with Gasteiger partial charge in [-0.25, -0.2) is 4.79 Å². The van der Waals surface area contributed by atoms with E-state index in [0.717, 1.165) is 0 Å². The van der Waals surface area contributed by atoms with Gasteiger partial charge in [-0.1, -0.05) is 0 Å². The molecule has 1 aromatic carbocycles. The first-order valence-corrected chi connectivity index (χ1v) is 7.85. The molecule has 1 heterocycles. The zero-order chi connectivity index (χ0) is 18.6. The first-order chi connectivity index (χ1) is 11.9. The predicted octanol–water partition coefficient (Wildman–Crippen LogP) is 2.71. The van der Waals surface area contributed by atoms with E-state index in [-0.39, 0.29) is 17.9 Å². The highest BCUT2D eigenvalue weighted by atomic mass is 16.5. The summed E-state index contributed by atoms with van der Waals surface area (Å²) >= 11 is 0. The van der Waals surface area contributed by atoms with Crippen LogP contribution in [-0.4, -0.2) is 35.8 Å². The molecule has 25 heavy (non-hydrogen) atoms. The third kappa shape index (κ3) is 3.93. The molecule has 0 aliphatic rings. The van der Waals surface area contributed by atoms with Crippen LogP contribution in [0.15, 0.2) is 24.4 Å². The van der Waals surface area contributed by atoms with Crippen LogP contribution in [0.1, 0.15) is 28.5 Å². The highest BCUT2D eigenvalue weighted by Gasteiger charge is 2.21. The summed E-state index contributed by atoms with van der Waals surface area (Å²) in [5.74, 6) is -0.278. The molecule has 0 fully saturated rings. The van der Waals surface area contributed by atoms with Crippen molar-refractivity contribution in [2.24, 2.45) is 0 Å². The van der Waals surface area contributed by atoms with Crippen molar-refractivity contribution in [1.29, 1.82) is 0 Å². The van der Waals surface area contributed by atoms with Crippen LogP contribution in [0.25, 0.3) is 0 Å². The van der Waals surface area contributed by atoms with Gasteiger partial charge in [0.2, 0.25) is 5.91 Å². The number of ether oxygens (including phenoxy) is 2. The van der Waals surface area contributed by atoms with Gasteiger partial charge in [-0.2, -0.15) is 0 Å². The van der Waals surface area contributed by atoms with Gasteiger partial charge in [0.15, 0.2) is 0 Å². The van der Waals surface area contributed by atoms with E-state index in [1.54, 1.807) is 43.0 Å². The number of hydrogen-bond acceptors (Lipinski definition) is 4. The second-order valence-electron chi connectivity index (χ2n) is 5.52. The maximum Gasteiger partial charge on any atom is 0.337 e. The zero-order valence-corrected chi connectivity index (χ0v) is 14.8. The van der Waals surface area contributed by atoms with E-state index in [0.29, 0.717) is 35.0 Å². The average molecular weight is 346 g/mol.